The molecule has 1 saturated heterocycles. The maximum Gasteiger partial charge on any atom is 0.365 e. The van der Waals surface area contributed by atoms with E-state index in [4.69, 9.17) is 24.4 Å². The lowest BCUT2D eigenvalue weighted by atomic mass is 10.1. The molecule has 1 aromatic carbocycles. The molecule has 1 fully saturated rings. The summed E-state index contributed by atoms with van der Waals surface area (Å²) in [5.41, 5.74) is 0.695. The van der Waals surface area contributed by atoms with Gasteiger partial charge in [-0.2, -0.15) is 0 Å². The van der Waals surface area contributed by atoms with Crippen LogP contribution in [0.1, 0.15) is 16.6 Å². The molecule has 192 valence electrons. The number of aromatic nitrogens is 4. The lowest BCUT2D eigenvalue weighted by Gasteiger charge is -2.19. The van der Waals surface area contributed by atoms with Gasteiger partial charge in [0.15, 0.2) is 27.0 Å². The fraction of sp³-hybridized carbons (Fsp3) is 0.316. The van der Waals surface area contributed by atoms with Crippen molar-refractivity contribution in [3.63, 3.8) is 0 Å². The highest BCUT2D eigenvalue weighted by molar-refractivity contribution is 14.1. The maximum atomic E-state index is 12.6. The SMILES string of the molecule is O=C(Nc1nc(I)nc2c1ncn2[C@@H]1O[C@H](COC(C(=O)O)P(=O)(O)O)[C@H](O)[C@H]1O)c1ccccc1. The van der Waals surface area contributed by atoms with Crippen molar-refractivity contribution < 1.29 is 48.7 Å². The van der Waals surface area contributed by atoms with Crippen LogP contribution >= 0.6 is 30.2 Å². The Morgan fingerprint density at radius 3 is 2.53 bits per heavy atom. The average Bonchev–Trinajstić information content (AvgIpc) is 3.34. The zero-order valence-electron chi connectivity index (χ0n) is 17.9. The summed E-state index contributed by atoms with van der Waals surface area (Å²) in [4.78, 5) is 54.7. The number of carboxylic acid groups (broad SMARTS) is 1. The number of ether oxygens (including phenoxy) is 2. The monoisotopic (exact) mass is 635 g/mol. The highest BCUT2D eigenvalue weighted by Crippen LogP contribution is 2.42. The molecule has 1 aliphatic heterocycles. The molecule has 5 atom stereocenters. The number of halogens is 1. The van der Waals surface area contributed by atoms with E-state index in [0.717, 1.165) is 0 Å². The van der Waals surface area contributed by atoms with Gasteiger partial charge in [0.05, 0.1) is 12.9 Å². The Morgan fingerprint density at radius 1 is 1.19 bits per heavy atom. The molecule has 1 unspecified atom stereocenters. The van der Waals surface area contributed by atoms with E-state index in [-0.39, 0.29) is 20.8 Å². The van der Waals surface area contributed by atoms with Crippen molar-refractivity contribution >= 4 is 59.0 Å². The van der Waals surface area contributed by atoms with Crippen LogP contribution in [0.4, 0.5) is 5.82 Å². The fourth-order valence-electron chi connectivity index (χ4n) is 3.53. The highest BCUT2D eigenvalue weighted by Gasteiger charge is 2.46. The number of carbonyl (C=O) groups is 2. The molecule has 0 saturated carbocycles. The summed E-state index contributed by atoms with van der Waals surface area (Å²) < 4.78 is 23.2. The Bertz CT molecular complexity index is 1330. The van der Waals surface area contributed by atoms with Gasteiger partial charge in [0.1, 0.15) is 18.3 Å². The molecule has 0 bridgehead atoms. The van der Waals surface area contributed by atoms with E-state index in [0.29, 0.717) is 5.56 Å². The van der Waals surface area contributed by atoms with Crippen LogP contribution in [0.2, 0.25) is 0 Å². The van der Waals surface area contributed by atoms with Crippen LogP contribution in [0, 0.1) is 3.83 Å². The van der Waals surface area contributed by atoms with Crippen molar-refractivity contribution in [2.45, 2.75) is 30.4 Å². The van der Waals surface area contributed by atoms with E-state index in [1.807, 2.05) is 22.6 Å². The second kappa shape index (κ2) is 10.4. The molecule has 17 heteroatoms. The number of carboxylic acids is 1. The van der Waals surface area contributed by atoms with Gasteiger partial charge in [-0.3, -0.25) is 13.9 Å². The lowest BCUT2D eigenvalue weighted by Crippen LogP contribution is -2.36. The van der Waals surface area contributed by atoms with Crippen LogP contribution in [-0.4, -0.2) is 87.3 Å². The zero-order chi connectivity index (χ0) is 26.2. The number of aliphatic hydroxyl groups excluding tert-OH is 2. The molecule has 0 aliphatic carbocycles. The third kappa shape index (κ3) is 5.40. The summed E-state index contributed by atoms with van der Waals surface area (Å²) in [5.74, 6) is -4.71. The van der Waals surface area contributed by atoms with Crippen molar-refractivity contribution in [1.29, 1.82) is 0 Å². The molecular formula is C19H19IN5O10P. The van der Waals surface area contributed by atoms with Gasteiger partial charge >= 0.3 is 13.6 Å². The Hall–Kier alpha value is -2.57. The molecule has 0 radical (unpaired) electrons. The van der Waals surface area contributed by atoms with E-state index >= 15 is 0 Å². The van der Waals surface area contributed by atoms with E-state index in [9.17, 15) is 24.4 Å². The summed E-state index contributed by atoms with van der Waals surface area (Å²) in [6, 6.07) is 8.39. The largest absolute Gasteiger partial charge is 0.479 e. The molecule has 3 aromatic rings. The standard InChI is InChI=1S/C19H19IN5O10P/c20-19-23-13(22-15(28)8-4-2-1-3-5-8)10-14(24-19)25(7-21-10)16-12(27)11(26)9(35-16)6-34-18(17(29)30)36(31,32)33/h1-5,7,9,11-12,16,18,26-27H,6H2,(H,29,30)(H2,31,32,33)(H,22,23,24,28)/t9-,11+,12-,16-,18?/m1/s1. The van der Waals surface area contributed by atoms with E-state index in [2.05, 4.69) is 20.3 Å². The van der Waals surface area contributed by atoms with Crippen LogP contribution in [-0.2, 0) is 18.8 Å². The summed E-state index contributed by atoms with van der Waals surface area (Å²) in [6.07, 6.45) is -4.54. The van der Waals surface area contributed by atoms with Crippen LogP contribution < -0.4 is 5.32 Å². The van der Waals surface area contributed by atoms with E-state index in [1.54, 1.807) is 30.3 Å². The van der Waals surface area contributed by atoms with Crippen molar-refractivity contribution in [2.24, 2.45) is 0 Å². The summed E-state index contributed by atoms with van der Waals surface area (Å²) >= 11 is 1.82. The average molecular weight is 635 g/mol. The number of nitrogens with one attached hydrogen (secondary N) is 1. The maximum absolute atomic E-state index is 12.6. The van der Waals surface area contributed by atoms with Gasteiger partial charge in [0.25, 0.3) is 11.8 Å². The Labute approximate surface area is 215 Å². The Balaban J connectivity index is 1.57. The molecule has 6 N–H and O–H groups in total. The number of anilines is 1. The molecular weight excluding hydrogens is 616 g/mol. The molecule has 3 heterocycles. The van der Waals surface area contributed by atoms with Crippen molar-refractivity contribution in [3.05, 3.63) is 46.1 Å². The van der Waals surface area contributed by atoms with Crippen molar-refractivity contribution in [3.8, 4) is 0 Å². The number of rotatable bonds is 8. The second-order valence-electron chi connectivity index (χ2n) is 7.64. The Morgan fingerprint density at radius 2 is 1.89 bits per heavy atom. The summed E-state index contributed by atoms with van der Waals surface area (Å²) in [5, 5.41) is 32.6. The minimum absolute atomic E-state index is 0.0934. The predicted molar refractivity (Wildman–Crippen MR) is 128 cm³/mol. The minimum atomic E-state index is -5.15. The third-order valence-corrected chi connectivity index (χ3v) is 6.67. The Kier molecular flexibility index (Phi) is 7.67. The lowest BCUT2D eigenvalue weighted by molar-refractivity contribution is -0.149. The molecule has 36 heavy (non-hydrogen) atoms. The predicted octanol–water partition coefficient (Wildman–Crippen LogP) is -0.0926. The van der Waals surface area contributed by atoms with E-state index < -0.39 is 56.5 Å². The third-order valence-electron chi connectivity index (χ3n) is 5.21. The number of amides is 1. The van der Waals surface area contributed by atoms with Crippen LogP contribution in [0.5, 0.6) is 0 Å². The quantitative estimate of drug-likeness (QED) is 0.108. The fourth-order valence-corrected chi connectivity index (χ4v) is 4.57. The number of aliphatic carboxylic acids is 1. The minimum Gasteiger partial charge on any atom is -0.479 e. The molecule has 2 aromatic heterocycles. The van der Waals surface area contributed by atoms with Gasteiger partial charge in [0.2, 0.25) is 0 Å². The van der Waals surface area contributed by atoms with E-state index in [1.165, 1.54) is 10.9 Å². The molecule has 0 spiro atoms. The van der Waals surface area contributed by atoms with Crippen LogP contribution in [0.25, 0.3) is 11.2 Å². The van der Waals surface area contributed by atoms with Gasteiger partial charge in [-0.25, -0.2) is 19.7 Å². The zero-order valence-corrected chi connectivity index (χ0v) is 21.0. The summed E-state index contributed by atoms with van der Waals surface area (Å²) in [6.45, 7) is -0.742. The first kappa shape index (κ1) is 26.5. The molecule has 15 nitrogen and oxygen atoms in total. The number of nitrogens with zero attached hydrogens (tertiary/aromatic N) is 4. The molecule has 1 amide bonds. The molecule has 4 rings (SSSR count). The number of benzene rings is 1. The van der Waals surface area contributed by atoms with Gasteiger partial charge in [-0.15, -0.1) is 0 Å². The number of carbonyl (C=O) groups excluding carboxylic acids is 1. The number of aliphatic hydroxyl groups is 2. The number of hydrogen-bond acceptors (Lipinski definition) is 10. The number of fused-ring (bicyclic) bond motifs is 1. The van der Waals surface area contributed by atoms with Gasteiger partial charge in [-0.1, -0.05) is 18.2 Å². The van der Waals surface area contributed by atoms with Gasteiger partial charge < -0.3 is 39.9 Å². The van der Waals surface area contributed by atoms with Gasteiger partial charge in [-0.05, 0) is 12.1 Å². The second-order valence-corrected chi connectivity index (χ2v) is 10.3. The molecule has 1 aliphatic rings. The first-order chi connectivity index (χ1) is 17.0. The van der Waals surface area contributed by atoms with Crippen LogP contribution in [0.3, 0.4) is 0 Å². The smallest absolute Gasteiger partial charge is 0.365 e. The number of hydrogen-bond donors (Lipinski definition) is 6. The topological polar surface area (TPSA) is 226 Å². The van der Waals surface area contributed by atoms with Crippen molar-refractivity contribution in [1.82, 2.24) is 19.5 Å². The first-order valence-electron chi connectivity index (χ1n) is 10.1. The van der Waals surface area contributed by atoms with Gasteiger partial charge in [0, 0.05) is 28.2 Å². The van der Waals surface area contributed by atoms with Crippen LogP contribution in [0.15, 0.2) is 36.7 Å². The first-order valence-corrected chi connectivity index (χ1v) is 12.9. The highest BCUT2D eigenvalue weighted by atomic mass is 127. The van der Waals surface area contributed by atoms with Crippen molar-refractivity contribution in [2.75, 3.05) is 11.9 Å². The normalized spacial score (nSPS) is 23.0. The number of imidazole rings is 1. The summed E-state index contributed by atoms with van der Waals surface area (Å²) in [7, 11) is -5.15.